The van der Waals surface area contributed by atoms with Crippen LogP contribution in [0.2, 0.25) is 0 Å². The molecule has 0 unspecified atom stereocenters. The normalized spacial score (nSPS) is 13.4. The molecule has 2 aromatic heterocycles. The van der Waals surface area contributed by atoms with Crippen molar-refractivity contribution in [2.45, 2.75) is 65.9 Å². The summed E-state index contributed by atoms with van der Waals surface area (Å²) in [5, 5.41) is 4.32. The number of carbonyl (C=O) groups excluding carboxylic acids is 1. The number of likely N-dealkylation sites (tertiary alicyclic amines) is 1. The van der Waals surface area contributed by atoms with Crippen LogP contribution in [-0.4, -0.2) is 45.0 Å². The fraction of sp³-hybridized carbons (Fsp3) is 0.353. The lowest BCUT2D eigenvalue weighted by Gasteiger charge is -2.32. The molecule has 0 bridgehead atoms. The Balaban J connectivity index is 0.000000868. The first-order valence-electron chi connectivity index (χ1n) is 15.0. The van der Waals surface area contributed by atoms with Gasteiger partial charge < -0.3 is 19.7 Å². The number of fused-ring (bicyclic) bond motifs is 2. The lowest BCUT2D eigenvalue weighted by atomic mass is 10.1. The Morgan fingerprint density at radius 3 is 2.47 bits per heavy atom. The van der Waals surface area contributed by atoms with Crippen LogP contribution in [0.25, 0.3) is 21.1 Å². The molecule has 224 valence electrons. The third-order valence-electron chi connectivity index (χ3n) is 7.47. The summed E-state index contributed by atoms with van der Waals surface area (Å²) < 4.78 is 13.6. The summed E-state index contributed by atoms with van der Waals surface area (Å²) in [7, 11) is 0. The first kappa shape index (κ1) is 30.2. The second-order valence-corrected chi connectivity index (χ2v) is 11.5. The summed E-state index contributed by atoms with van der Waals surface area (Å²) in [6, 6.07) is 17.8. The molecule has 6 rings (SSSR count). The predicted octanol–water partition coefficient (Wildman–Crippen LogP) is 8.67. The lowest BCUT2D eigenvalue weighted by molar-refractivity contribution is -0.132. The van der Waals surface area contributed by atoms with E-state index in [0.29, 0.717) is 12.2 Å². The van der Waals surface area contributed by atoms with Crippen molar-refractivity contribution < 1.29 is 14.3 Å². The maximum absolute atomic E-state index is 12.0. The molecular formula is C34H39N5O3S. The minimum Gasteiger partial charge on any atom is -0.490 e. The van der Waals surface area contributed by atoms with Crippen LogP contribution in [0.4, 0.5) is 11.5 Å². The Morgan fingerprint density at radius 1 is 0.930 bits per heavy atom. The highest BCUT2D eigenvalue weighted by molar-refractivity contribution is 7.16. The molecule has 0 spiro atoms. The lowest BCUT2D eigenvalue weighted by Crippen LogP contribution is -2.41. The molecule has 1 fully saturated rings. The highest BCUT2D eigenvalue weighted by Gasteiger charge is 2.23. The molecule has 1 N–H and O–H groups in total. The molecule has 1 aliphatic heterocycles. The number of thiazole rings is 1. The molecule has 0 radical (unpaired) electrons. The monoisotopic (exact) mass is 597 g/mol. The van der Waals surface area contributed by atoms with Crippen molar-refractivity contribution in [2.24, 2.45) is 0 Å². The van der Waals surface area contributed by atoms with E-state index < -0.39 is 0 Å². The van der Waals surface area contributed by atoms with Gasteiger partial charge in [0.1, 0.15) is 35.5 Å². The molecule has 5 aromatic rings. The SMILES string of the molecule is CCC(=O)N1CCC(Oc2ccc3ncnc(Nc4ccc(Oc5ccc6scnc6c5)c(C)c4)c3c2)CC1.CCCC. The average Bonchev–Trinajstić information content (AvgIpc) is 3.51. The molecule has 9 heteroatoms. The molecule has 8 nitrogen and oxygen atoms in total. The Hall–Kier alpha value is -4.24. The topological polar surface area (TPSA) is 89.5 Å². The van der Waals surface area contributed by atoms with E-state index in [-0.39, 0.29) is 12.0 Å². The Kier molecular flexibility index (Phi) is 10.0. The minimum absolute atomic E-state index is 0.0795. The van der Waals surface area contributed by atoms with Crippen molar-refractivity contribution in [3.8, 4) is 17.2 Å². The van der Waals surface area contributed by atoms with E-state index >= 15 is 0 Å². The summed E-state index contributed by atoms with van der Waals surface area (Å²) in [5.74, 6) is 3.23. The van der Waals surface area contributed by atoms with Gasteiger partial charge in [-0.3, -0.25) is 4.79 Å². The van der Waals surface area contributed by atoms with E-state index in [4.69, 9.17) is 9.47 Å². The van der Waals surface area contributed by atoms with Gasteiger partial charge in [-0.1, -0.05) is 33.6 Å². The largest absolute Gasteiger partial charge is 0.490 e. The third-order valence-corrected chi connectivity index (χ3v) is 8.28. The number of aromatic nitrogens is 3. The van der Waals surface area contributed by atoms with Gasteiger partial charge in [0.05, 0.1) is 21.2 Å². The van der Waals surface area contributed by atoms with Crippen LogP contribution in [-0.2, 0) is 4.79 Å². The van der Waals surface area contributed by atoms with Gasteiger partial charge in [0, 0.05) is 49.5 Å². The van der Waals surface area contributed by atoms with Gasteiger partial charge in [0.15, 0.2) is 0 Å². The molecule has 3 heterocycles. The second kappa shape index (κ2) is 14.3. The van der Waals surface area contributed by atoms with E-state index in [1.165, 1.54) is 12.8 Å². The number of nitrogens with one attached hydrogen (secondary N) is 1. The zero-order valence-corrected chi connectivity index (χ0v) is 26.1. The highest BCUT2D eigenvalue weighted by atomic mass is 32.1. The number of nitrogens with zero attached hydrogens (tertiary/aromatic N) is 4. The number of rotatable bonds is 8. The van der Waals surface area contributed by atoms with Crippen molar-refractivity contribution in [3.05, 3.63) is 72.0 Å². The van der Waals surface area contributed by atoms with Crippen LogP contribution >= 0.6 is 11.3 Å². The minimum atomic E-state index is 0.0795. The van der Waals surface area contributed by atoms with Crippen LogP contribution in [0.15, 0.2) is 66.4 Å². The van der Waals surface area contributed by atoms with Gasteiger partial charge in [-0.2, -0.15) is 0 Å². The van der Waals surface area contributed by atoms with Crippen LogP contribution in [0.5, 0.6) is 17.2 Å². The van der Waals surface area contributed by atoms with Gasteiger partial charge >= 0.3 is 0 Å². The molecular weight excluding hydrogens is 558 g/mol. The number of amides is 1. The fourth-order valence-electron chi connectivity index (χ4n) is 4.85. The average molecular weight is 598 g/mol. The number of aryl methyl sites for hydroxylation is 1. The van der Waals surface area contributed by atoms with Crippen LogP contribution in [0.1, 0.15) is 58.4 Å². The smallest absolute Gasteiger partial charge is 0.222 e. The third kappa shape index (κ3) is 7.59. The number of anilines is 2. The van der Waals surface area contributed by atoms with Crippen molar-refractivity contribution in [2.75, 3.05) is 18.4 Å². The van der Waals surface area contributed by atoms with Gasteiger partial charge in [0.2, 0.25) is 5.91 Å². The zero-order valence-electron chi connectivity index (χ0n) is 25.3. The summed E-state index contributed by atoms with van der Waals surface area (Å²) in [6.07, 6.45) is 6.47. The molecule has 0 atom stereocenters. The Morgan fingerprint density at radius 2 is 1.72 bits per heavy atom. The fourth-order valence-corrected chi connectivity index (χ4v) is 5.51. The molecule has 0 saturated carbocycles. The van der Waals surface area contributed by atoms with Crippen molar-refractivity contribution in [3.63, 3.8) is 0 Å². The molecule has 1 saturated heterocycles. The summed E-state index contributed by atoms with van der Waals surface area (Å²) in [6.45, 7) is 9.76. The summed E-state index contributed by atoms with van der Waals surface area (Å²) >= 11 is 1.61. The van der Waals surface area contributed by atoms with Gasteiger partial charge in [-0.25, -0.2) is 15.0 Å². The number of ether oxygens (including phenoxy) is 2. The van der Waals surface area contributed by atoms with E-state index in [0.717, 1.165) is 75.6 Å². The Labute approximate surface area is 257 Å². The molecule has 1 aliphatic rings. The van der Waals surface area contributed by atoms with Crippen LogP contribution < -0.4 is 14.8 Å². The Bertz CT molecular complexity index is 1680. The van der Waals surface area contributed by atoms with E-state index in [1.807, 2.05) is 78.9 Å². The number of piperidine rings is 1. The number of hydrogen-bond donors (Lipinski definition) is 1. The van der Waals surface area contributed by atoms with E-state index in [2.05, 4.69) is 34.1 Å². The van der Waals surface area contributed by atoms with Gasteiger partial charge in [0.25, 0.3) is 0 Å². The zero-order chi connectivity index (χ0) is 30.2. The van der Waals surface area contributed by atoms with Crippen molar-refractivity contribution in [1.29, 1.82) is 0 Å². The van der Waals surface area contributed by atoms with E-state index in [9.17, 15) is 4.79 Å². The number of carbonyl (C=O) groups is 1. The number of unbranched alkanes of at least 4 members (excludes halogenated alkanes) is 1. The molecule has 3 aromatic carbocycles. The summed E-state index contributed by atoms with van der Waals surface area (Å²) in [4.78, 5) is 27.2. The maximum Gasteiger partial charge on any atom is 0.222 e. The van der Waals surface area contributed by atoms with Crippen LogP contribution in [0.3, 0.4) is 0 Å². The molecule has 0 aliphatic carbocycles. The van der Waals surface area contributed by atoms with Gasteiger partial charge in [-0.15, -0.1) is 11.3 Å². The maximum atomic E-state index is 12.0. The quantitative estimate of drug-likeness (QED) is 0.191. The first-order valence-corrected chi connectivity index (χ1v) is 15.9. The highest BCUT2D eigenvalue weighted by Crippen LogP contribution is 2.32. The summed E-state index contributed by atoms with van der Waals surface area (Å²) in [5.41, 5.74) is 5.50. The predicted molar refractivity (Wildman–Crippen MR) is 175 cm³/mol. The van der Waals surface area contributed by atoms with Gasteiger partial charge in [-0.05, 0) is 61.0 Å². The first-order chi connectivity index (χ1) is 21.0. The van der Waals surface area contributed by atoms with Crippen LogP contribution in [0, 0.1) is 6.92 Å². The number of benzene rings is 3. The van der Waals surface area contributed by atoms with Crippen molar-refractivity contribution >= 4 is 49.9 Å². The molecule has 1 amide bonds. The molecule has 43 heavy (non-hydrogen) atoms. The van der Waals surface area contributed by atoms with E-state index in [1.54, 1.807) is 17.7 Å². The standard InChI is InChI=1S/C30H29N5O3S.C4H10/c1-3-29(36)35-12-10-21(11-13-35)37-22-5-7-25-24(15-22)30(32-17-31-25)34-20-4-8-27(19(2)14-20)38-23-6-9-28-26(16-23)33-18-39-28;1-3-4-2/h4-9,14-18,21H,3,10-13H2,1-2H3,(H,31,32,34);3-4H2,1-2H3. The van der Waals surface area contributed by atoms with Crippen molar-refractivity contribution in [1.82, 2.24) is 19.9 Å². The number of hydrogen-bond acceptors (Lipinski definition) is 8. The second-order valence-electron chi connectivity index (χ2n) is 10.6.